The molecule has 0 aromatic heterocycles. The molecular formula is C16H33NO. The van der Waals surface area contributed by atoms with Crippen molar-refractivity contribution in [1.82, 2.24) is 4.90 Å². The Balaban J connectivity index is 3.07. The van der Waals surface area contributed by atoms with Crippen molar-refractivity contribution in [3.05, 3.63) is 12.3 Å². The summed E-state index contributed by atoms with van der Waals surface area (Å²) in [6.07, 6.45) is 14.9. The van der Waals surface area contributed by atoms with Crippen molar-refractivity contribution in [2.24, 2.45) is 0 Å². The maximum Gasteiger partial charge on any atom is 0.0751 e. The number of unbranched alkanes of at least 4 members (excludes halogenated alkanes) is 8. The van der Waals surface area contributed by atoms with E-state index in [0.717, 1.165) is 12.7 Å². The lowest BCUT2D eigenvalue weighted by Gasteiger charge is -2.17. The van der Waals surface area contributed by atoms with Gasteiger partial charge < -0.3 is 10.0 Å². The average molecular weight is 255 g/mol. The van der Waals surface area contributed by atoms with E-state index in [1.165, 1.54) is 71.0 Å². The van der Waals surface area contributed by atoms with Crippen molar-refractivity contribution < 1.29 is 5.11 Å². The highest BCUT2D eigenvalue weighted by Gasteiger charge is 1.98. The highest BCUT2D eigenvalue weighted by molar-refractivity contribution is 4.70. The number of hydrogen-bond donors (Lipinski definition) is 1. The van der Waals surface area contributed by atoms with Crippen LogP contribution >= 0.6 is 0 Å². The molecule has 0 aliphatic rings. The molecule has 0 fully saturated rings. The highest BCUT2D eigenvalue weighted by Crippen LogP contribution is 2.10. The SMILES string of the molecule is CCN(CC)CCCCCCCCCCC=CO. The number of nitrogens with zero attached hydrogens (tertiary/aromatic N) is 1. The first-order chi connectivity index (χ1) is 8.85. The monoisotopic (exact) mass is 255 g/mol. The second-order valence-corrected chi connectivity index (χ2v) is 5.03. The van der Waals surface area contributed by atoms with Gasteiger partial charge in [-0.25, -0.2) is 0 Å². The summed E-state index contributed by atoms with van der Waals surface area (Å²) in [4.78, 5) is 2.51. The van der Waals surface area contributed by atoms with Gasteiger partial charge in [-0.15, -0.1) is 0 Å². The number of rotatable bonds is 13. The Hall–Kier alpha value is -0.500. The maximum atomic E-state index is 8.48. The van der Waals surface area contributed by atoms with Crippen LogP contribution < -0.4 is 0 Å². The third kappa shape index (κ3) is 12.0. The van der Waals surface area contributed by atoms with Gasteiger partial charge in [-0.3, -0.25) is 0 Å². The zero-order chi connectivity index (χ0) is 13.5. The maximum absolute atomic E-state index is 8.48. The van der Waals surface area contributed by atoms with Crippen molar-refractivity contribution in [1.29, 1.82) is 0 Å². The lowest BCUT2D eigenvalue weighted by atomic mass is 10.1. The zero-order valence-corrected chi connectivity index (χ0v) is 12.5. The molecule has 0 amide bonds. The summed E-state index contributed by atoms with van der Waals surface area (Å²) in [6.45, 7) is 8.16. The van der Waals surface area contributed by atoms with Crippen LogP contribution in [0, 0.1) is 0 Å². The molecule has 0 spiro atoms. The van der Waals surface area contributed by atoms with E-state index in [9.17, 15) is 0 Å². The topological polar surface area (TPSA) is 23.5 Å². The van der Waals surface area contributed by atoms with Crippen molar-refractivity contribution in [2.45, 2.75) is 71.6 Å². The van der Waals surface area contributed by atoms with Gasteiger partial charge in [-0.1, -0.05) is 58.4 Å². The molecule has 0 atom stereocenters. The summed E-state index contributed by atoms with van der Waals surface area (Å²) in [5.41, 5.74) is 0. The van der Waals surface area contributed by atoms with Crippen LogP contribution in [-0.2, 0) is 0 Å². The molecule has 0 aliphatic heterocycles. The van der Waals surface area contributed by atoms with Gasteiger partial charge in [0.05, 0.1) is 6.26 Å². The van der Waals surface area contributed by atoms with E-state index in [1.807, 2.05) is 6.08 Å². The van der Waals surface area contributed by atoms with E-state index in [-0.39, 0.29) is 0 Å². The first-order valence-corrected chi connectivity index (χ1v) is 7.86. The molecule has 0 unspecified atom stereocenters. The molecule has 0 rings (SSSR count). The number of allylic oxidation sites excluding steroid dienone is 1. The standard InChI is InChI=1S/C16H33NO/c1-3-17(4-2)15-13-11-9-7-5-6-8-10-12-14-16-18/h14,16,18H,3-13,15H2,1-2H3. The van der Waals surface area contributed by atoms with E-state index in [1.54, 1.807) is 0 Å². The Bertz CT molecular complexity index is 176. The van der Waals surface area contributed by atoms with Gasteiger partial charge >= 0.3 is 0 Å². The van der Waals surface area contributed by atoms with Crippen LogP contribution in [0.1, 0.15) is 71.6 Å². The van der Waals surface area contributed by atoms with Crippen LogP contribution in [0.2, 0.25) is 0 Å². The van der Waals surface area contributed by atoms with Gasteiger partial charge in [0.15, 0.2) is 0 Å². The van der Waals surface area contributed by atoms with Gasteiger partial charge in [0.25, 0.3) is 0 Å². The molecule has 0 aromatic carbocycles. The fourth-order valence-electron chi connectivity index (χ4n) is 2.27. The number of aliphatic hydroxyl groups excluding tert-OH is 1. The van der Waals surface area contributed by atoms with Gasteiger partial charge in [0, 0.05) is 0 Å². The van der Waals surface area contributed by atoms with Crippen molar-refractivity contribution >= 4 is 0 Å². The third-order valence-electron chi connectivity index (χ3n) is 3.59. The molecule has 0 heterocycles. The molecule has 1 N–H and O–H groups in total. The van der Waals surface area contributed by atoms with Crippen molar-refractivity contribution in [3.63, 3.8) is 0 Å². The summed E-state index contributed by atoms with van der Waals surface area (Å²) >= 11 is 0. The Kier molecular flexibility index (Phi) is 14.2. The summed E-state index contributed by atoms with van der Waals surface area (Å²) in [6, 6.07) is 0. The zero-order valence-electron chi connectivity index (χ0n) is 12.5. The summed E-state index contributed by atoms with van der Waals surface area (Å²) in [5.74, 6) is 0. The molecule has 108 valence electrons. The third-order valence-corrected chi connectivity index (χ3v) is 3.59. The minimum Gasteiger partial charge on any atom is -0.516 e. The van der Waals surface area contributed by atoms with Gasteiger partial charge in [-0.2, -0.15) is 0 Å². The van der Waals surface area contributed by atoms with Crippen molar-refractivity contribution in [3.8, 4) is 0 Å². The molecule has 0 aromatic rings. The molecule has 0 radical (unpaired) electrons. The normalized spacial score (nSPS) is 11.7. The van der Waals surface area contributed by atoms with Crippen LogP contribution in [0.15, 0.2) is 12.3 Å². The quantitative estimate of drug-likeness (QED) is 0.373. The fraction of sp³-hybridized carbons (Fsp3) is 0.875. The van der Waals surface area contributed by atoms with Gasteiger partial charge in [0.2, 0.25) is 0 Å². The second-order valence-electron chi connectivity index (χ2n) is 5.03. The molecule has 18 heavy (non-hydrogen) atoms. The van der Waals surface area contributed by atoms with Crippen LogP contribution in [0.5, 0.6) is 0 Å². The van der Waals surface area contributed by atoms with E-state index in [4.69, 9.17) is 5.11 Å². The van der Waals surface area contributed by atoms with E-state index < -0.39 is 0 Å². The molecular weight excluding hydrogens is 222 g/mol. The van der Waals surface area contributed by atoms with Crippen LogP contribution in [0.25, 0.3) is 0 Å². The number of hydrogen-bond acceptors (Lipinski definition) is 2. The Morgan fingerprint density at radius 2 is 1.28 bits per heavy atom. The Labute approximate surface area is 114 Å². The highest BCUT2D eigenvalue weighted by atomic mass is 16.2. The predicted octanol–water partition coefficient (Wildman–Crippen LogP) is 4.91. The largest absolute Gasteiger partial charge is 0.516 e. The molecule has 0 saturated carbocycles. The lowest BCUT2D eigenvalue weighted by Crippen LogP contribution is -2.23. The number of aliphatic hydroxyl groups is 1. The minimum absolute atomic E-state index is 1.03. The summed E-state index contributed by atoms with van der Waals surface area (Å²) < 4.78 is 0. The first kappa shape index (κ1) is 17.5. The summed E-state index contributed by atoms with van der Waals surface area (Å²) in [5, 5.41) is 8.48. The molecule has 0 saturated heterocycles. The first-order valence-electron chi connectivity index (χ1n) is 7.86. The lowest BCUT2D eigenvalue weighted by molar-refractivity contribution is 0.295. The van der Waals surface area contributed by atoms with E-state index in [2.05, 4.69) is 18.7 Å². The Morgan fingerprint density at radius 3 is 1.78 bits per heavy atom. The van der Waals surface area contributed by atoms with Crippen LogP contribution in [0.4, 0.5) is 0 Å². The molecule has 0 bridgehead atoms. The molecule has 2 nitrogen and oxygen atoms in total. The van der Waals surface area contributed by atoms with Crippen molar-refractivity contribution in [2.75, 3.05) is 19.6 Å². The smallest absolute Gasteiger partial charge is 0.0751 e. The average Bonchev–Trinajstić information content (AvgIpc) is 2.40. The fourth-order valence-corrected chi connectivity index (χ4v) is 2.27. The minimum atomic E-state index is 1.03. The molecule has 2 heteroatoms. The van der Waals surface area contributed by atoms with Crippen LogP contribution in [0.3, 0.4) is 0 Å². The second kappa shape index (κ2) is 14.6. The van der Waals surface area contributed by atoms with Crippen LogP contribution in [-0.4, -0.2) is 29.6 Å². The van der Waals surface area contributed by atoms with Gasteiger partial charge in [-0.05, 0) is 38.9 Å². The van der Waals surface area contributed by atoms with Gasteiger partial charge in [0.1, 0.15) is 0 Å². The van der Waals surface area contributed by atoms with E-state index in [0.29, 0.717) is 0 Å². The predicted molar refractivity (Wildman–Crippen MR) is 81.1 cm³/mol. The van der Waals surface area contributed by atoms with E-state index >= 15 is 0 Å². The summed E-state index contributed by atoms with van der Waals surface area (Å²) in [7, 11) is 0. The molecule has 0 aliphatic carbocycles. The Morgan fingerprint density at radius 1 is 0.778 bits per heavy atom.